The number of hydrogen-bond acceptors (Lipinski definition) is 3. The second-order valence-electron chi connectivity index (χ2n) is 4.38. The van der Waals surface area contributed by atoms with E-state index in [1.165, 1.54) is 0 Å². The summed E-state index contributed by atoms with van der Waals surface area (Å²) in [4.78, 5) is 12.9. The van der Waals surface area contributed by atoms with Gasteiger partial charge in [0.1, 0.15) is 4.99 Å². The van der Waals surface area contributed by atoms with Gasteiger partial charge in [0.15, 0.2) is 0 Å². The van der Waals surface area contributed by atoms with E-state index in [1.807, 2.05) is 0 Å². The van der Waals surface area contributed by atoms with Gasteiger partial charge in [-0.1, -0.05) is 31.3 Å². The van der Waals surface area contributed by atoms with Gasteiger partial charge < -0.3 is 11.1 Å². The molecule has 1 rings (SSSR count). The Morgan fingerprint density at radius 1 is 1.38 bits per heavy atom. The summed E-state index contributed by atoms with van der Waals surface area (Å²) >= 11 is 4.85. The van der Waals surface area contributed by atoms with E-state index in [0.29, 0.717) is 11.3 Å². The lowest BCUT2D eigenvalue weighted by atomic mass is 10.2. The van der Waals surface area contributed by atoms with Crippen molar-refractivity contribution < 1.29 is 18.0 Å². The highest BCUT2D eigenvalue weighted by Crippen LogP contribution is 2.17. The van der Waals surface area contributed by atoms with Gasteiger partial charge in [-0.25, -0.2) is 0 Å². The zero-order valence-electron chi connectivity index (χ0n) is 11.4. The summed E-state index contributed by atoms with van der Waals surface area (Å²) in [7, 11) is 0. The van der Waals surface area contributed by atoms with E-state index in [-0.39, 0.29) is 18.1 Å². The van der Waals surface area contributed by atoms with Crippen LogP contribution < -0.4 is 11.1 Å². The molecule has 0 bridgehead atoms. The smallest absolute Gasteiger partial charge is 0.389 e. The van der Waals surface area contributed by atoms with Crippen molar-refractivity contribution in [2.45, 2.75) is 13.1 Å². The van der Waals surface area contributed by atoms with Crippen LogP contribution in [0, 0.1) is 0 Å². The molecule has 0 radical (unpaired) electrons. The fraction of sp³-hybridized carbons (Fsp3) is 0.385. The first-order valence-electron chi connectivity index (χ1n) is 6.20. The van der Waals surface area contributed by atoms with Gasteiger partial charge >= 0.3 is 6.18 Å². The number of hydrogen-bond donors (Lipinski definition) is 2. The summed E-state index contributed by atoms with van der Waals surface area (Å²) < 4.78 is 37.0. The predicted octanol–water partition coefficient (Wildman–Crippen LogP) is 2.14. The lowest BCUT2D eigenvalue weighted by Crippen LogP contribution is -2.39. The minimum Gasteiger partial charge on any atom is -0.389 e. The van der Waals surface area contributed by atoms with Crippen LogP contribution >= 0.6 is 12.2 Å². The largest absolute Gasteiger partial charge is 0.401 e. The Labute approximate surface area is 126 Å². The van der Waals surface area contributed by atoms with E-state index in [2.05, 4.69) is 5.32 Å². The third-order valence-electron chi connectivity index (χ3n) is 2.68. The molecule has 0 fully saturated rings. The molecule has 0 saturated carbocycles. The molecule has 1 aromatic carbocycles. The van der Waals surface area contributed by atoms with Crippen molar-refractivity contribution in [1.29, 1.82) is 0 Å². The second kappa shape index (κ2) is 7.37. The van der Waals surface area contributed by atoms with Crippen LogP contribution in [0.1, 0.15) is 12.5 Å². The van der Waals surface area contributed by atoms with Gasteiger partial charge in [0.2, 0.25) is 5.91 Å². The van der Waals surface area contributed by atoms with Gasteiger partial charge in [0.05, 0.1) is 18.8 Å². The van der Waals surface area contributed by atoms with Crippen LogP contribution in [0.3, 0.4) is 0 Å². The van der Waals surface area contributed by atoms with Crippen LogP contribution in [0.2, 0.25) is 0 Å². The molecule has 0 spiro atoms. The predicted molar refractivity (Wildman–Crippen MR) is 79.1 cm³/mol. The van der Waals surface area contributed by atoms with E-state index in [1.54, 1.807) is 31.2 Å². The first-order chi connectivity index (χ1) is 9.73. The average molecular weight is 319 g/mol. The molecule has 3 N–H and O–H groups in total. The molecule has 0 aliphatic rings. The molecule has 21 heavy (non-hydrogen) atoms. The van der Waals surface area contributed by atoms with Crippen LogP contribution in [0.4, 0.5) is 18.9 Å². The molecule has 0 saturated heterocycles. The Morgan fingerprint density at radius 3 is 2.52 bits per heavy atom. The van der Waals surface area contributed by atoms with Crippen molar-refractivity contribution in [3.8, 4) is 0 Å². The van der Waals surface area contributed by atoms with Crippen molar-refractivity contribution in [1.82, 2.24) is 4.90 Å². The summed E-state index contributed by atoms with van der Waals surface area (Å²) in [5, 5.41) is 2.53. The number of carbonyl (C=O) groups excluding carboxylic acids is 1. The van der Waals surface area contributed by atoms with E-state index in [9.17, 15) is 18.0 Å². The SMILES string of the molecule is CCN(CC(=O)Nc1ccccc1C(N)=S)CC(F)(F)F. The number of carbonyl (C=O) groups is 1. The number of likely N-dealkylation sites (N-methyl/N-ethyl adjacent to an activating group) is 1. The Hall–Kier alpha value is -1.67. The summed E-state index contributed by atoms with van der Waals surface area (Å²) in [6.07, 6.45) is -4.34. The van der Waals surface area contributed by atoms with Crippen LogP contribution in [0.25, 0.3) is 0 Å². The maximum absolute atomic E-state index is 12.3. The van der Waals surface area contributed by atoms with Crippen molar-refractivity contribution in [2.24, 2.45) is 5.73 Å². The van der Waals surface area contributed by atoms with E-state index in [0.717, 1.165) is 4.90 Å². The third kappa shape index (κ3) is 6.09. The van der Waals surface area contributed by atoms with Gasteiger partial charge in [-0.15, -0.1) is 0 Å². The van der Waals surface area contributed by atoms with Crippen LogP contribution in [-0.2, 0) is 4.79 Å². The van der Waals surface area contributed by atoms with Crippen molar-refractivity contribution in [3.63, 3.8) is 0 Å². The first-order valence-corrected chi connectivity index (χ1v) is 6.61. The normalized spacial score (nSPS) is 11.5. The van der Waals surface area contributed by atoms with Crippen molar-refractivity contribution in [3.05, 3.63) is 29.8 Å². The molecule has 1 aromatic rings. The number of halogens is 3. The number of amides is 1. The van der Waals surface area contributed by atoms with E-state index >= 15 is 0 Å². The fourth-order valence-corrected chi connectivity index (χ4v) is 1.91. The number of benzene rings is 1. The number of nitrogens with zero attached hydrogens (tertiary/aromatic N) is 1. The van der Waals surface area contributed by atoms with Crippen LogP contribution in [0.15, 0.2) is 24.3 Å². The number of nitrogens with two attached hydrogens (primary N) is 1. The Morgan fingerprint density at radius 2 is 2.00 bits per heavy atom. The number of alkyl halides is 3. The Kier molecular flexibility index (Phi) is 6.10. The number of thiocarbonyl (C=S) groups is 1. The summed E-state index contributed by atoms with van der Waals surface area (Å²) in [5.41, 5.74) is 6.38. The fourth-order valence-electron chi connectivity index (χ4n) is 1.73. The molecule has 116 valence electrons. The minimum absolute atomic E-state index is 0.105. The molecule has 0 unspecified atom stereocenters. The monoisotopic (exact) mass is 319 g/mol. The van der Waals surface area contributed by atoms with Crippen molar-refractivity contribution >= 4 is 28.8 Å². The summed E-state index contributed by atoms with van der Waals surface area (Å²) in [6, 6.07) is 6.59. The number of nitrogens with one attached hydrogen (secondary N) is 1. The number of para-hydroxylation sites is 1. The molecule has 0 atom stereocenters. The average Bonchev–Trinajstić information content (AvgIpc) is 2.36. The molecular weight excluding hydrogens is 303 g/mol. The highest BCUT2D eigenvalue weighted by molar-refractivity contribution is 7.80. The molecule has 0 aliphatic carbocycles. The van der Waals surface area contributed by atoms with E-state index in [4.69, 9.17) is 18.0 Å². The molecule has 0 heterocycles. The molecule has 0 aromatic heterocycles. The zero-order chi connectivity index (χ0) is 16.0. The van der Waals surface area contributed by atoms with E-state index < -0.39 is 18.6 Å². The number of rotatable bonds is 6. The van der Waals surface area contributed by atoms with Gasteiger partial charge in [0.25, 0.3) is 0 Å². The minimum atomic E-state index is -4.34. The summed E-state index contributed by atoms with van der Waals surface area (Å²) in [5.74, 6) is -0.551. The summed E-state index contributed by atoms with van der Waals surface area (Å²) in [6.45, 7) is 0.182. The van der Waals surface area contributed by atoms with Crippen LogP contribution in [-0.4, -0.2) is 41.6 Å². The van der Waals surface area contributed by atoms with Crippen LogP contribution in [0.5, 0.6) is 0 Å². The lowest BCUT2D eigenvalue weighted by Gasteiger charge is -2.21. The molecule has 8 heteroatoms. The van der Waals surface area contributed by atoms with Crippen molar-refractivity contribution in [2.75, 3.05) is 25.0 Å². The molecule has 0 aliphatic heterocycles. The highest BCUT2D eigenvalue weighted by atomic mass is 32.1. The second-order valence-corrected chi connectivity index (χ2v) is 4.82. The van der Waals surface area contributed by atoms with Gasteiger partial charge in [-0.05, 0) is 18.7 Å². The molecule has 1 amide bonds. The number of anilines is 1. The standard InChI is InChI=1S/C13H16F3N3OS/c1-2-19(8-13(14,15)16)7-11(20)18-10-6-4-3-5-9(10)12(17)21/h3-6H,2,7-8H2,1H3,(H2,17,21)(H,18,20). The maximum atomic E-state index is 12.3. The quantitative estimate of drug-likeness (QED) is 0.789. The Bertz CT molecular complexity index is 520. The van der Waals surface area contributed by atoms with Gasteiger partial charge in [-0.3, -0.25) is 9.69 Å². The maximum Gasteiger partial charge on any atom is 0.401 e. The molecule has 4 nitrogen and oxygen atoms in total. The van der Waals surface area contributed by atoms with Gasteiger partial charge in [-0.2, -0.15) is 13.2 Å². The lowest BCUT2D eigenvalue weighted by molar-refractivity contribution is -0.147. The first kappa shape index (κ1) is 17.4. The zero-order valence-corrected chi connectivity index (χ0v) is 12.2. The topological polar surface area (TPSA) is 58.4 Å². The third-order valence-corrected chi connectivity index (χ3v) is 2.90. The van der Waals surface area contributed by atoms with Gasteiger partial charge in [0, 0.05) is 5.56 Å². The highest BCUT2D eigenvalue weighted by Gasteiger charge is 2.30. The molecular formula is C13H16F3N3OS. The Balaban J connectivity index is 2.71.